The zero-order valence-electron chi connectivity index (χ0n) is 12.5. The molecule has 4 nitrogen and oxygen atoms in total. The van der Waals surface area contributed by atoms with Gasteiger partial charge in [0.2, 0.25) is 0 Å². The Morgan fingerprint density at radius 2 is 1.48 bits per heavy atom. The van der Waals surface area contributed by atoms with Crippen LogP contribution in [0.15, 0.2) is 53.7 Å². The number of oxime groups is 1. The lowest BCUT2D eigenvalue weighted by atomic mass is 9.86. The molecule has 2 aromatic carbocycles. The summed E-state index contributed by atoms with van der Waals surface area (Å²) in [6.45, 7) is 5.25. The summed E-state index contributed by atoms with van der Waals surface area (Å²) in [6, 6.07) is 13.4. The van der Waals surface area contributed by atoms with Crippen molar-refractivity contribution in [2.24, 2.45) is 5.16 Å². The molecule has 0 aliphatic carbocycles. The minimum atomic E-state index is -1.58. The van der Waals surface area contributed by atoms with E-state index in [1.807, 2.05) is 0 Å². The minimum absolute atomic E-state index is 0.197. The van der Waals surface area contributed by atoms with E-state index in [1.165, 1.54) is 0 Å². The van der Waals surface area contributed by atoms with E-state index in [-0.39, 0.29) is 6.61 Å². The molecule has 0 aliphatic heterocycles. The van der Waals surface area contributed by atoms with Crippen LogP contribution in [0.3, 0.4) is 0 Å². The van der Waals surface area contributed by atoms with Crippen molar-refractivity contribution in [1.82, 2.24) is 0 Å². The maximum atomic E-state index is 12.7. The van der Waals surface area contributed by atoms with Crippen molar-refractivity contribution in [2.45, 2.75) is 12.5 Å². The van der Waals surface area contributed by atoms with Crippen molar-refractivity contribution in [2.75, 3.05) is 6.61 Å². The van der Waals surface area contributed by atoms with Crippen molar-refractivity contribution in [3.63, 3.8) is 0 Å². The SMILES string of the molecule is C=NOC(C(=O)OCC)(c1ccc(Cl)cc1)c1ccc(Cl)cc1. The van der Waals surface area contributed by atoms with E-state index in [4.69, 9.17) is 32.8 Å². The molecule has 2 aromatic rings. The number of rotatable bonds is 6. The molecule has 0 unspecified atom stereocenters. The Kier molecular flexibility index (Phi) is 5.64. The Labute approximate surface area is 144 Å². The second-order valence-electron chi connectivity index (χ2n) is 4.64. The lowest BCUT2D eigenvalue weighted by Gasteiger charge is -2.29. The van der Waals surface area contributed by atoms with Gasteiger partial charge in [-0.15, -0.1) is 5.16 Å². The Morgan fingerprint density at radius 1 is 1.04 bits per heavy atom. The molecule has 120 valence electrons. The predicted molar refractivity (Wildman–Crippen MR) is 91.0 cm³/mol. The van der Waals surface area contributed by atoms with Crippen LogP contribution in [0.2, 0.25) is 10.0 Å². The molecule has 0 bridgehead atoms. The van der Waals surface area contributed by atoms with Gasteiger partial charge in [-0.3, -0.25) is 0 Å². The van der Waals surface area contributed by atoms with Crippen LogP contribution in [0.4, 0.5) is 0 Å². The molecule has 0 saturated heterocycles. The van der Waals surface area contributed by atoms with Crippen LogP contribution in [0.25, 0.3) is 0 Å². The molecular formula is C17H15Cl2NO3. The smallest absolute Gasteiger partial charge is 0.363 e. The largest absolute Gasteiger partial charge is 0.462 e. The van der Waals surface area contributed by atoms with Gasteiger partial charge in [-0.25, -0.2) is 4.79 Å². The van der Waals surface area contributed by atoms with Crippen molar-refractivity contribution < 1.29 is 14.4 Å². The summed E-state index contributed by atoms with van der Waals surface area (Å²) in [7, 11) is 0. The topological polar surface area (TPSA) is 47.9 Å². The highest BCUT2D eigenvalue weighted by Gasteiger charge is 2.47. The summed E-state index contributed by atoms with van der Waals surface area (Å²) >= 11 is 11.9. The number of halogens is 2. The van der Waals surface area contributed by atoms with Gasteiger partial charge in [0.15, 0.2) is 0 Å². The minimum Gasteiger partial charge on any atom is -0.462 e. The summed E-state index contributed by atoms with van der Waals surface area (Å²) in [5, 5.41) is 4.56. The number of hydrogen-bond donors (Lipinski definition) is 0. The molecule has 0 radical (unpaired) electrons. The van der Waals surface area contributed by atoms with Gasteiger partial charge < -0.3 is 9.57 Å². The summed E-state index contributed by atoms with van der Waals surface area (Å²) in [6.07, 6.45) is 0. The molecule has 0 aliphatic rings. The second-order valence-corrected chi connectivity index (χ2v) is 5.51. The van der Waals surface area contributed by atoms with Crippen LogP contribution in [0.5, 0.6) is 0 Å². The van der Waals surface area contributed by atoms with E-state index in [1.54, 1.807) is 55.5 Å². The van der Waals surface area contributed by atoms with E-state index >= 15 is 0 Å². The van der Waals surface area contributed by atoms with Gasteiger partial charge in [-0.05, 0) is 31.2 Å². The van der Waals surface area contributed by atoms with E-state index in [0.717, 1.165) is 0 Å². The van der Waals surface area contributed by atoms with Gasteiger partial charge in [0.05, 0.1) is 6.61 Å². The van der Waals surface area contributed by atoms with Gasteiger partial charge in [0, 0.05) is 27.9 Å². The zero-order valence-corrected chi connectivity index (χ0v) is 14.0. The van der Waals surface area contributed by atoms with E-state index in [2.05, 4.69) is 11.9 Å². The first-order valence-electron chi connectivity index (χ1n) is 6.88. The van der Waals surface area contributed by atoms with E-state index < -0.39 is 11.6 Å². The number of carbonyl (C=O) groups excluding carboxylic acids is 1. The first-order valence-corrected chi connectivity index (χ1v) is 7.63. The number of hydrogen-bond acceptors (Lipinski definition) is 4. The number of esters is 1. The molecule has 0 aromatic heterocycles. The van der Waals surface area contributed by atoms with Crippen LogP contribution >= 0.6 is 23.2 Å². The highest BCUT2D eigenvalue weighted by Crippen LogP contribution is 2.36. The number of carbonyl (C=O) groups is 1. The van der Waals surface area contributed by atoms with Crippen LogP contribution in [-0.2, 0) is 20.0 Å². The number of benzene rings is 2. The third-order valence-electron chi connectivity index (χ3n) is 3.27. The average Bonchev–Trinajstić information content (AvgIpc) is 2.54. The van der Waals surface area contributed by atoms with E-state index in [9.17, 15) is 4.79 Å². The van der Waals surface area contributed by atoms with Crippen LogP contribution in [0, 0.1) is 0 Å². The Balaban J connectivity index is 2.68. The van der Waals surface area contributed by atoms with Gasteiger partial charge in [0.1, 0.15) is 0 Å². The summed E-state index contributed by atoms with van der Waals surface area (Å²) in [4.78, 5) is 18.2. The molecule has 0 N–H and O–H groups in total. The standard InChI is InChI=1S/C17H15Cl2NO3/c1-3-22-16(21)17(23-20-2,12-4-8-14(18)9-5-12)13-6-10-15(19)11-7-13/h4-11H,2-3H2,1H3. The zero-order chi connectivity index (χ0) is 16.9. The Morgan fingerprint density at radius 3 is 1.83 bits per heavy atom. The van der Waals surface area contributed by atoms with Crippen molar-refractivity contribution in [3.8, 4) is 0 Å². The van der Waals surface area contributed by atoms with E-state index in [0.29, 0.717) is 21.2 Å². The Hall–Kier alpha value is -2.04. The fourth-order valence-corrected chi connectivity index (χ4v) is 2.50. The highest BCUT2D eigenvalue weighted by molar-refractivity contribution is 6.30. The molecule has 6 heteroatoms. The third kappa shape index (κ3) is 3.49. The lowest BCUT2D eigenvalue weighted by Crippen LogP contribution is -2.40. The summed E-state index contributed by atoms with van der Waals surface area (Å²) < 4.78 is 5.21. The molecule has 0 amide bonds. The van der Waals surface area contributed by atoms with Crippen LogP contribution in [0.1, 0.15) is 18.1 Å². The summed E-state index contributed by atoms with van der Waals surface area (Å²) in [5.74, 6) is -0.600. The molecule has 0 saturated carbocycles. The van der Waals surface area contributed by atoms with Crippen LogP contribution < -0.4 is 0 Å². The predicted octanol–water partition coefficient (Wildman–Crippen LogP) is 4.43. The molecular weight excluding hydrogens is 337 g/mol. The highest BCUT2D eigenvalue weighted by atomic mass is 35.5. The molecule has 23 heavy (non-hydrogen) atoms. The van der Waals surface area contributed by atoms with Crippen molar-refractivity contribution in [3.05, 3.63) is 69.7 Å². The molecule has 0 heterocycles. The Bertz CT molecular complexity index is 638. The molecule has 0 spiro atoms. The fraction of sp³-hybridized carbons (Fsp3) is 0.176. The molecule has 0 fully saturated rings. The lowest BCUT2D eigenvalue weighted by molar-refractivity contribution is -0.168. The fourth-order valence-electron chi connectivity index (χ4n) is 2.24. The van der Waals surface area contributed by atoms with Crippen LogP contribution in [-0.4, -0.2) is 19.3 Å². The van der Waals surface area contributed by atoms with Crippen molar-refractivity contribution in [1.29, 1.82) is 0 Å². The van der Waals surface area contributed by atoms with Gasteiger partial charge in [-0.2, -0.15) is 0 Å². The second kappa shape index (κ2) is 7.49. The normalized spacial score (nSPS) is 10.9. The summed E-state index contributed by atoms with van der Waals surface area (Å²) in [5.41, 5.74) is -0.530. The maximum absolute atomic E-state index is 12.7. The van der Waals surface area contributed by atoms with Crippen molar-refractivity contribution >= 4 is 35.9 Å². The van der Waals surface area contributed by atoms with Gasteiger partial charge >= 0.3 is 5.97 Å². The third-order valence-corrected chi connectivity index (χ3v) is 3.77. The average molecular weight is 352 g/mol. The van der Waals surface area contributed by atoms with Gasteiger partial charge in [0.25, 0.3) is 5.60 Å². The monoisotopic (exact) mass is 351 g/mol. The molecule has 0 atom stereocenters. The number of nitrogens with zero attached hydrogens (tertiary/aromatic N) is 1. The van der Waals surface area contributed by atoms with Gasteiger partial charge in [-0.1, -0.05) is 47.5 Å². The first kappa shape index (κ1) is 17.3. The quantitative estimate of drug-likeness (QED) is 0.439. The number of ether oxygens (including phenoxy) is 1. The first-order chi connectivity index (χ1) is 11.0. The molecule has 2 rings (SSSR count). The maximum Gasteiger partial charge on any atom is 0.363 e.